The van der Waals surface area contributed by atoms with E-state index in [4.69, 9.17) is 0 Å². The highest BCUT2D eigenvalue weighted by Gasteiger charge is 2.04. The van der Waals surface area contributed by atoms with E-state index < -0.39 is 6.08 Å². The normalized spacial score (nSPS) is 9.54. The van der Waals surface area contributed by atoms with Crippen molar-refractivity contribution in [1.29, 1.82) is 0 Å². The fourth-order valence-electron chi connectivity index (χ4n) is 0.945. The number of hydrogen-bond acceptors (Lipinski definition) is 3. The van der Waals surface area contributed by atoms with Crippen molar-refractivity contribution >= 4 is 11.2 Å². The number of aromatic nitrogens is 4. The van der Waals surface area contributed by atoms with Crippen LogP contribution in [-0.2, 0) is 0 Å². The Bertz CT molecular complexity index is 396. The molecule has 2 heterocycles. The van der Waals surface area contributed by atoms with Crippen LogP contribution < -0.4 is 0 Å². The Balaban J connectivity index is 0.000000396. The summed E-state index contributed by atoms with van der Waals surface area (Å²) in [6, 6.07) is 0. The molecule has 0 fully saturated rings. The molecule has 0 aromatic carbocycles. The maximum atomic E-state index is 12.5. The quantitative estimate of drug-likeness (QED) is 0.632. The highest BCUT2D eigenvalue weighted by molar-refractivity contribution is 5.71. The van der Waals surface area contributed by atoms with Crippen LogP contribution in [0.2, 0.25) is 0 Å². The average Bonchev–Trinajstić information content (AvgIpc) is 2.55. The van der Waals surface area contributed by atoms with E-state index in [1.54, 1.807) is 6.92 Å². The Morgan fingerprint density at radius 3 is 2.69 bits per heavy atom. The molecule has 0 aliphatic rings. The van der Waals surface area contributed by atoms with E-state index in [2.05, 4.69) is 19.9 Å². The first-order valence-corrected chi connectivity index (χ1v) is 4.10. The Morgan fingerprint density at radius 2 is 2.00 bits per heavy atom. The maximum Gasteiger partial charge on any atom is 0.310 e. The minimum atomic E-state index is -0.734. The summed E-state index contributed by atoms with van der Waals surface area (Å²) in [4.78, 5) is 13.6. The molecule has 0 amide bonds. The molecule has 0 saturated carbocycles. The van der Waals surface area contributed by atoms with Gasteiger partial charge in [0.15, 0.2) is 5.65 Å². The van der Waals surface area contributed by atoms with Crippen LogP contribution in [0.5, 0.6) is 0 Å². The summed E-state index contributed by atoms with van der Waals surface area (Å²) in [6.45, 7) is 5.70. The summed E-state index contributed by atoms with van der Waals surface area (Å²) in [5, 5.41) is 0. The summed E-state index contributed by atoms with van der Waals surface area (Å²) in [7, 11) is 0. The van der Waals surface area contributed by atoms with Gasteiger partial charge in [-0.15, -0.1) is 0 Å². The van der Waals surface area contributed by atoms with Gasteiger partial charge in [0.2, 0.25) is 0 Å². The summed E-state index contributed by atoms with van der Waals surface area (Å²) >= 11 is 0. The molecule has 1 N–H and O–H groups in total. The van der Waals surface area contributed by atoms with Gasteiger partial charge >= 0.3 is 6.08 Å². The zero-order valence-electron chi connectivity index (χ0n) is 7.80. The molecule has 0 aliphatic heterocycles. The van der Waals surface area contributed by atoms with Crippen LogP contribution in [0.25, 0.3) is 11.2 Å². The third-order valence-electron chi connectivity index (χ3n) is 1.44. The van der Waals surface area contributed by atoms with Gasteiger partial charge in [-0.05, 0) is 6.92 Å². The highest BCUT2D eigenvalue weighted by atomic mass is 19.1. The van der Waals surface area contributed by atoms with E-state index in [1.165, 1.54) is 6.33 Å². The Kier molecular flexibility index (Phi) is 2.89. The third kappa shape index (κ3) is 1.80. The smallest absolute Gasteiger partial charge is 0.310 e. The number of nitrogens with zero attached hydrogens (tertiary/aromatic N) is 3. The largest absolute Gasteiger partial charge is 0.342 e. The zero-order valence-corrected chi connectivity index (χ0v) is 7.80. The second-order valence-corrected chi connectivity index (χ2v) is 2.18. The molecule has 2 rings (SSSR count). The molecule has 5 heteroatoms. The van der Waals surface area contributed by atoms with Gasteiger partial charge in [0.1, 0.15) is 5.52 Å². The lowest BCUT2D eigenvalue weighted by Gasteiger charge is -1.91. The van der Waals surface area contributed by atoms with Gasteiger partial charge in [-0.2, -0.15) is 9.37 Å². The molecule has 13 heavy (non-hydrogen) atoms. The van der Waals surface area contributed by atoms with Crippen molar-refractivity contribution in [3.05, 3.63) is 18.1 Å². The van der Waals surface area contributed by atoms with Crippen molar-refractivity contribution in [3.63, 3.8) is 0 Å². The van der Waals surface area contributed by atoms with Crippen LogP contribution in [0.1, 0.15) is 19.5 Å². The van der Waals surface area contributed by atoms with Crippen molar-refractivity contribution in [3.8, 4) is 0 Å². The first kappa shape index (κ1) is 9.57. The molecule has 2 aromatic rings. The SMILES string of the molecule is CC.Cc1nc(F)nc2nc[nH]c12. The van der Waals surface area contributed by atoms with Crippen LogP contribution in [0.15, 0.2) is 6.33 Å². The number of imidazole rings is 1. The summed E-state index contributed by atoms with van der Waals surface area (Å²) in [6.07, 6.45) is 0.730. The topological polar surface area (TPSA) is 54.5 Å². The third-order valence-corrected chi connectivity index (χ3v) is 1.44. The molecular formula is C8H11FN4. The lowest BCUT2D eigenvalue weighted by atomic mass is 10.4. The number of fused-ring (bicyclic) bond motifs is 1. The molecule has 2 aromatic heterocycles. The summed E-state index contributed by atoms with van der Waals surface area (Å²) in [5.74, 6) is 0. The van der Waals surface area contributed by atoms with Crippen LogP contribution >= 0.6 is 0 Å². The maximum absolute atomic E-state index is 12.5. The van der Waals surface area contributed by atoms with E-state index in [-0.39, 0.29) is 0 Å². The van der Waals surface area contributed by atoms with E-state index in [9.17, 15) is 4.39 Å². The van der Waals surface area contributed by atoms with Gasteiger partial charge in [-0.1, -0.05) is 13.8 Å². The predicted molar refractivity (Wildman–Crippen MR) is 47.7 cm³/mol. The Hall–Kier alpha value is -1.52. The number of halogens is 1. The average molecular weight is 182 g/mol. The van der Waals surface area contributed by atoms with E-state index in [0.29, 0.717) is 16.9 Å². The minimum absolute atomic E-state index is 0.370. The van der Waals surface area contributed by atoms with Crippen LogP contribution in [0.3, 0.4) is 0 Å². The Labute approximate surface area is 75.2 Å². The molecule has 0 atom stereocenters. The standard InChI is InChI=1S/C6H5FN4.C2H6/c1-3-4-5(9-2-8-4)11-6(7)10-3;1-2/h2H,1H3,(H,8,9,10,11);1-2H3. The molecular weight excluding hydrogens is 171 g/mol. The van der Waals surface area contributed by atoms with Crippen LogP contribution in [0, 0.1) is 13.0 Å². The number of rotatable bonds is 0. The number of aryl methyl sites for hydroxylation is 1. The second-order valence-electron chi connectivity index (χ2n) is 2.18. The molecule has 0 radical (unpaired) electrons. The number of nitrogens with one attached hydrogen (secondary N) is 1. The highest BCUT2D eigenvalue weighted by Crippen LogP contribution is 2.08. The van der Waals surface area contributed by atoms with Gasteiger partial charge in [0, 0.05) is 0 Å². The molecule has 0 saturated heterocycles. The lowest BCUT2D eigenvalue weighted by molar-refractivity contribution is 0.540. The molecule has 70 valence electrons. The molecule has 0 aliphatic carbocycles. The summed E-state index contributed by atoms with van der Waals surface area (Å²) in [5.41, 5.74) is 1.63. The van der Waals surface area contributed by atoms with E-state index in [1.807, 2.05) is 13.8 Å². The van der Waals surface area contributed by atoms with E-state index in [0.717, 1.165) is 0 Å². The van der Waals surface area contributed by atoms with Crippen molar-refractivity contribution in [1.82, 2.24) is 19.9 Å². The fraction of sp³-hybridized carbons (Fsp3) is 0.375. The summed E-state index contributed by atoms with van der Waals surface area (Å²) < 4.78 is 12.5. The van der Waals surface area contributed by atoms with Gasteiger partial charge in [-0.3, -0.25) is 0 Å². The minimum Gasteiger partial charge on any atom is -0.342 e. The molecule has 4 nitrogen and oxygen atoms in total. The van der Waals surface area contributed by atoms with E-state index >= 15 is 0 Å². The monoisotopic (exact) mass is 182 g/mol. The molecule has 0 spiro atoms. The van der Waals surface area contributed by atoms with Gasteiger partial charge in [0.25, 0.3) is 0 Å². The van der Waals surface area contributed by atoms with Gasteiger partial charge in [0.05, 0.1) is 12.0 Å². The molecule has 0 unspecified atom stereocenters. The number of H-pyrrole nitrogens is 1. The van der Waals surface area contributed by atoms with Crippen molar-refractivity contribution in [2.75, 3.05) is 0 Å². The first-order valence-electron chi connectivity index (χ1n) is 4.10. The Morgan fingerprint density at radius 1 is 1.31 bits per heavy atom. The molecule has 0 bridgehead atoms. The van der Waals surface area contributed by atoms with Gasteiger partial charge < -0.3 is 4.98 Å². The van der Waals surface area contributed by atoms with Crippen molar-refractivity contribution in [2.45, 2.75) is 20.8 Å². The lowest BCUT2D eigenvalue weighted by Crippen LogP contribution is -1.92. The number of aromatic amines is 1. The predicted octanol–water partition coefficient (Wildman–Crippen LogP) is 1.83. The number of hydrogen-bond donors (Lipinski definition) is 1. The van der Waals surface area contributed by atoms with Crippen molar-refractivity contribution in [2.24, 2.45) is 0 Å². The van der Waals surface area contributed by atoms with Crippen LogP contribution in [0.4, 0.5) is 4.39 Å². The van der Waals surface area contributed by atoms with Crippen molar-refractivity contribution < 1.29 is 4.39 Å². The van der Waals surface area contributed by atoms with Crippen LogP contribution in [-0.4, -0.2) is 19.9 Å². The fourth-order valence-corrected chi connectivity index (χ4v) is 0.945. The zero-order chi connectivity index (χ0) is 9.84. The second kappa shape index (κ2) is 3.93. The first-order chi connectivity index (χ1) is 6.27. The van der Waals surface area contributed by atoms with Gasteiger partial charge in [-0.25, -0.2) is 9.97 Å².